The molecule has 0 aromatic heterocycles. The van der Waals surface area contributed by atoms with Crippen LogP contribution in [0.25, 0.3) is 0 Å². The summed E-state index contributed by atoms with van der Waals surface area (Å²) in [7, 11) is 0. The summed E-state index contributed by atoms with van der Waals surface area (Å²) in [6.07, 6.45) is 1.56. The first-order chi connectivity index (χ1) is 4.71. The number of aliphatic hydroxyl groups is 1. The van der Waals surface area contributed by atoms with E-state index in [9.17, 15) is 4.79 Å². The highest BCUT2D eigenvalue weighted by atomic mass is 16.3. The maximum Gasteiger partial charge on any atom is 0.240 e. The molecule has 1 amide bonds. The molecule has 4 N–H and O–H groups in total. The molecule has 0 spiro atoms. The second-order valence-electron chi connectivity index (χ2n) is 2.63. The Labute approximate surface area is 59.4 Å². The Morgan fingerprint density at radius 2 is 2.50 bits per heavy atom. The van der Waals surface area contributed by atoms with Gasteiger partial charge in [0.25, 0.3) is 0 Å². The minimum absolute atomic E-state index is 0.192. The average molecular weight is 144 g/mol. The van der Waals surface area contributed by atoms with Crippen LogP contribution in [0.3, 0.4) is 0 Å². The van der Waals surface area contributed by atoms with Gasteiger partial charge in [0.1, 0.15) is 5.54 Å². The fourth-order valence-electron chi connectivity index (χ4n) is 1.23. The Kier molecular flexibility index (Phi) is 1.92. The Balaban J connectivity index is 2.67. The molecule has 1 unspecified atom stereocenters. The zero-order chi connectivity index (χ0) is 7.61. The van der Waals surface area contributed by atoms with E-state index in [4.69, 9.17) is 10.8 Å². The SMILES string of the molecule is NC(=O)C1(CO)CCCN1. The van der Waals surface area contributed by atoms with Gasteiger partial charge in [0.05, 0.1) is 6.61 Å². The predicted octanol–water partition coefficient (Wildman–Crippen LogP) is -1.41. The van der Waals surface area contributed by atoms with Crippen LogP contribution in [0.1, 0.15) is 12.8 Å². The summed E-state index contributed by atoms with van der Waals surface area (Å²) in [5, 5.41) is 11.7. The fourth-order valence-corrected chi connectivity index (χ4v) is 1.23. The summed E-state index contributed by atoms with van der Waals surface area (Å²) >= 11 is 0. The molecular weight excluding hydrogens is 132 g/mol. The van der Waals surface area contributed by atoms with Crippen molar-refractivity contribution in [2.24, 2.45) is 5.73 Å². The third-order valence-corrected chi connectivity index (χ3v) is 1.99. The van der Waals surface area contributed by atoms with Gasteiger partial charge in [-0.25, -0.2) is 0 Å². The standard InChI is InChI=1S/C6H12N2O2/c7-5(10)6(4-9)2-1-3-8-6/h8-9H,1-4H2,(H2,7,10). The van der Waals surface area contributed by atoms with Crippen LogP contribution in [-0.4, -0.2) is 29.7 Å². The third-order valence-electron chi connectivity index (χ3n) is 1.99. The van der Waals surface area contributed by atoms with Gasteiger partial charge < -0.3 is 16.2 Å². The van der Waals surface area contributed by atoms with E-state index in [0.717, 1.165) is 13.0 Å². The number of rotatable bonds is 2. The molecule has 4 nitrogen and oxygen atoms in total. The molecule has 1 heterocycles. The van der Waals surface area contributed by atoms with Crippen molar-refractivity contribution in [1.29, 1.82) is 0 Å². The zero-order valence-electron chi connectivity index (χ0n) is 5.76. The van der Waals surface area contributed by atoms with Gasteiger partial charge in [-0.1, -0.05) is 0 Å². The lowest BCUT2D eigenvalue weighted by Gasteiger charge is -2.22. The highest BCUT2D eigenvalue weighted by molar-refractivity contribution is 5.85. The largest absolute Gasteiger partial charge is 0.394 e. The van der Waals surface area contributed by atoms with Gasteiger partial charge in [0, 0.05) is 0 Å². The van der Waals surface area contributed by atoms with E-state index >= 15 is 0 Å². The molecule has 0 aromatic carbocycles. The van der Waals surface area contributed by atoms with E-state index in [1.54, 1.807) is 0 Å². The zero-order valence-corrected chi connectivity index (χ0v) is 5.76. The summed E-state index contributed by atoms with van der Waals surface area (Å²) in [6.45, 7) is 0.575. The highest BCUT2D eigenvalue weighted by Gasteiger charge is 2.38. The van der Waals surface area contributed by atoms with Crippen molar-refractivity contribution >= 4 is 5.91 Å². The molecule has 1 atom stereocenters. The Morgan fingerprint density at radius 1 is 1.80 bits per heavy atom. The van der Waals surface area contributed by atoms with Gasteiger partial charge in [-0.3, -0.25) is 4.79 Å². The summed E-state index contributed by atoms with van der Waals surface area (Å²) in [6, 6.07) is 0. The number of nitrogens with one attached hydrogen (secondary N) is 1. The Bertz CT molecular complexity index is 141. The molecule has 0 aliphatic carbocycles. The number of carbonyl (C=O) groups excluding carboxylic acids is 1. The maximum atomic E-state index is 10.8. The van der Waals surface area contributed by atoms with E-state index in [2.05, 4.69) is 5.32 Å². The lowest BCUT2D eigenvalue weighted by atomic mass is 9.98. The quantitative estimate of drug-likeness (QED) is 0.445. The summed E-state index contributed by atoms with van der Waals surface area (Å²) in [4.78, 5) is 10.8. The first kappa shape index (κ1) is 7.50. The van der Waals surface area contributed by atoms with E-state index in [0.29, 0.717) is 6.42 Å². The van der Waals surface area contributed by atoms with E-state index in [1.165, 1.54) is 0 Å². The molecule has 0 aromatic rings. The molecule has 1 saturated heterocycles. The van der Waals surface area contributed by atoms with Gasteiger partial charge in [0.2, 0.25) is 5.91 Å². The van der Waals surface area contributed by atoms with E-state index < -0.39 is 11.4 Å². The monoisotopic (exact) mass is 144 g/mol. The maximum absolute atomic E-state index is 10.8. The second kappa shape index (κ2) is 2.56. The number of primary amides is 1. The van der Waals surface area contributed by atoms with E-state index in [-0.39, 0.29) is 6.61 Å². The first-order valence-corrected chi connectivity index (χ1v) is 3.37. The van der Waals surface area contributed by atoms with Crippen molar-refractivity contribution in [1.82, 2.24) is 5.32 Å². The topological polar surface area (TPSA) is 75.4 Å². The van der Waals surface area contributed by atoms with Gasteiger partial charge in [-0.2, -0.15) is 0 Å². The van der Waals surface area contributed by atoms with Gasteiger partial charge in [0.15, 0.2) is 0 Å². The number of amides is 1. The number of hydrogen-bond donors (Lipinski definition) is 3. The summed E-state index contributed by atoms with van der Waals surface area (Å²) < 4.78 is 0. The third kappa shape index (κ3) is 0.998. The number of aliphatic hydroxyl groups excluding tert-OH is 1. The van der Waals surface area contributed by atoms with Gasteiger partial charge in [-0.15, -0.1) is 0 Å². The first-order valence-electron chi connectivity index (χ1n) is 3.37. The van der Waals surface area contributed by atoms with Crippen LogP contribution in [0.4, 0.5) is 0 Å². The molecule has 0 bridgehead atoms. The van der Waals surface area contributed by atoms with Crippen molar-refractivity contribution in [3.8, 4) is 0 Å². The molecule has 1 aliphatic rings. The molecule has 10 heavy (non-hydrogen) atoms. The van der Waals surface area contributed by atoms with Crippen LogP contribution >= 0.6 is 0 Å². The van der Waals surface area contributed by atoms with Gasteiger partial charge in [-0.05, 0) is 19.4 Å². The number of nitrogens with two attached hydrogens (primary N) is 1. The lowest BCUT2D eigenvalue weighted by Crippen LogP contribution is -2.54. The van der Waals surface area contributed by atoms with Gasteiger partial charge >= 0.3 is 0 Å². The average Bonchev–Trinajstić information content (AvgIpc) is 2.35. The van der Waals surface area contributed by atoms with Crippen LogP contribution < -0.4 is 11.1 Å². The molecule has 0 radical (unpaired) electrons. The fraction of sp³-hybridized carbons (Fsp3) is 0.833. The van der Waals surface area contributed by atoms with Crippen molar-refractivity contribution in [2.45, 2.75) is 18.4 Å². The summed E-state index contributed by atoms with van der Waals surface area (Å²) in [5.41, 5.74) is 4.26. The Morgan fingerprint density at radius 3 is 2.70 bits per heavy atom. The minimum atomic E-state index is -0.819. The smallest absolute Gasteiger partial charge is 0.240 e. The van der Waals surface area contributed by atoms with Crippen molar-refractivity contribution in [3.63, 3.8) is 0 Å². The van der Waals surface area contributed by atoms with E-state index in [1.807, 2.05) is 0 Å². The molecule has 58 valence electrons. The molecule has 1 rings (SSSR count). The number of hydrogen-bond acceptors (Lipinski definition) is 3. The Hall–Kier alpha value is -0.610. The normalized spacial score (nSPS) is 32.5. The highest BCUT2D eigenvalue weighted by Crippen LogP contribution is 2.17. The molecular formula is C6H12N2O2. The van der Waals surface area contributed by atoms with Crippen LogP contribution in [0.15, 0.2) is 0 Å². The van der Waals surface area contributed by atoms with Crippen molar-refractivity contribution < 1.29 is 9.90 Å². The minimum Gasteiger partial charge on any atom is -0.394 e. The van der Waals surface area contributed by atoms with Crippen LogP contribution in [0.2, 0.25) is 0 Å². The molecule has 1 aliphatic heterocycles. The van der Waals surface area contributed by atoms with Crippen LogP contribution in [0, 0.1) is 0 Å². The van der Waals surface area contributed by atoms with Crippen molar-refractivity contribution in [2.75, 3.05) is 13.2 Å². The molecule has 4 heteroatoms. The molecule has 1 fully saturated rings. The van der Waals surface area contributed by atoms with Crippen LogP contribution in [-0.2, 0) is 4.79 Å². The van der Waals surface area contributed by atoms with Crippen LogP contribution in [0.5, 0.6) is 0 Å². The second-order valence-corrected chi connectivity index (χ2v) is 2.63. The predicted molar refractivity (Wildman–Crippen MR) is 36.2 cm³/mol. The number of carbonyl (C=O) groups is 1. The summed E-state index contributed by atoms with van der Waals surface area (Å²) in [5.74, 6) is -0.451. The molecule has 0 saturated carbocycles. The lowest BCUT2D eigenvalue weighted by molar-refractivity contribution is -0.125. The van der Waals surface area contributed by atoms with Crippen molar-refractivity contribution in [3.05, 3.63) is 0 Å².